The van der Waals surface area contributed by atoms with Crippen LogP contribution in [0.3, 0.4) is 0 Å². The summed E-state index contributed by atoms with van der Waals surface area (Å²) >= 11 is 7.75. The van der Waals surface area contributed by atoms with E-state index in [1.54, 1.807) is 11.3 Å². The van der Waals surface area contributed by atoms with Crippen LogP contribution in [0.15, 0.2) is 24.4 Å². The van der Waals surface area contributed by atoms with Crippen LogP contribution in [0.25, 0.3) is 10.2 Å². The first-order valence-electron chi connectivity index (χ1n) is 6.47. The zero-order chi connectivity index (χ0) is 14.1. The minimum atomic E-state index is 0.731. The van der Waals surface area contributed by atoms with E-state index in [4.69, 9.17) is 11.6 Å². The highest BCUT2D eigenvalue weighted by molar-refractivity contribution is 7.22. The van der Waals surface area contributed by atoms with Crippen molar-refractivity contribution in [3.8, 4) is 0 Å². The van der Waals surface area contributed by atoms with Crippen LogP contribution in [0.4, 0.5) is 5.13 Å². The maximum atomic E-state index is 6.17. The van der Waals surface area contributed by atoms with Crippen molar-refractivity contribution in [2.24, 2.45) is 7.05 Å². The van der Waals surface area contributed by atoms with E-state index in [9.17, 15) is 0 Å². The van der Waals surface area contributed by atoms with Crippen LogP contribution in [-0.2, 0) is 20.0 Å². The number of nitrogens with zero attached hydrogens (tertiary/aromatic N) is 3. The number of aryl methyl sites for hydroxylation is 2. The van der Waals surface area contributed by atoms with Gasteiger partial charge in [-0.1, -0.05) is 35.9 Å². The third-order valence-electron chi connectivity index (χ3n) is 3.12. The normalized spacial score (nSPS) is 11.2. The summed E-state index contributed by atoms with van der Waals surface area (Å²) in [7, 11) is 1.94. The van der Waals surface area contributed by atoms with E-state index in [-0.39, 0.29) is 0 Å². The fourth-order valence-corrected chi connectivity index (χ4v) is 3.34. The number of rotatable bonds is 4. The Morgan fingerprint density at radius 1 is 1.40 bits per heavy atom. The number of halogens is 1. The topological polar surface area (TPSA) is 42.7 Å². The molecule has 2 aromatic heterocycles. The molecule has 0 spiro atoms. The lowest BCUT2D eigenvalue weighted by Crippen LogP contribution is -2.00. The number of hydrogen-bond donors (Lipinski definition) is 1. The SMILES string of the molecule is CCc1nn(C)cc1CNc1nc2cccc(Cl)c2s1. The Balaban J connectivity index is 1.81. The Bertz CT molecular complexity index is 747. The van der Waals surface area contributed by atoms with Gasteiger partial charge in [0.25, 0.3) is 0 Å². The number of anilines is 1. The Kier molecular flexibility index (Phi) is 3.63. The first-order valence-corrected chi connectivity index (χ1v) is 7.67. The molecule has 1 N–H and O–H groups in total. The molecule has 0 atom stereocenters. The first-order chi connectivity index (χ1) is 9.67. The average Bonchev–Trinajstić information content (AvgIpc) is 3.00. The Hall–Kier alpha value is -1.59. The molecule has 4 nitrogen and oxygen atoms in total. The summed E-state index contributed by atoms with van der Waals surface area (Å²) in [5.74, 6) is 0. The van der Waals surface area contributed by atoms with Gasteiger partial charge in [-0.2, -0.15) is 5.10 Å². The molecule has 104 valence electrons. The number of benzene rings is 1. The third kappa shape index (κ3) is 2.51. The summed E-state index contributed by atoms with van der Waals surface area (Å²) in [6.45, 7) is 2.84. The molecule has 0 aliphatic heterocycles. The summed E-state index contributed by atoms with van der Waals surface area (Å²) in [6, 6.07) is 5.79. The lowest BCUT2D eigenvalue weighted by atomic mass is 10.2. The van der Waals surface area contributed by atoms with Gasteiger partial charge in [0.2, 0.25) is 0 Å². The maximum absolute atomic E-state index is 6.17. The van der Waals surface area contributed by atoms with Gasteiger partial charge in [0, 0.05) is 25.4 Å². The van der Waals surface area contributed by atoms with Crippen LogP contribution in [0.5, 0.6) is 0 Å². The van der Waals surface area contributed by atoms with E-state index in [0.717, 1.165) is 39.0 Å². The second-order valence-electron chi connectivity index (χ2n) is 4.59. The molecule has 0 aliphatic rings. The fourth-order valence-electron chi connectivity index (χ4n) is 2.19. The van der Waals surface area contributed by atoms with E-state index in [1.807, 2.05) is 36.1 Å². The quantitative estimate of drug-likeness (QED) is 0.796. The second-order valence-corrected chi connectivity index (χ2v) is 6.00. The van der Waals surface area contributed by atoms with Crippen molar-refractivity contribution in [3.63, 3.8) is 0 Å². The number of nitrogens with one attached hydrogen (secondary N) is 1. The Morgan fingerprint density at radius 2 is 2.25 bits per heavy atom. The molecule has 3 rings (SSSR count). The average molecular weight is 307 g/mol. The van der Waals surface area contributed by atoms with Crippen molar-refractivity contribution in [2.45, 2.75) is 19.9 Å². The van der Waals surface area contributed by atoms with Crippen molar-refractivity contribution >= 4 is 38.3 Å². The van der Waals surface area contributed by atoms with E-state index in [1.165, 1.54) is 5.56 Å². The van der Waals surface area contributed by atoms with Gasteiger partial charge < -0.3 is 5.32 Å². The summed E-state index contributed by atoms with van der Waals surface area (Å²) in [5.41, 5.74) is 3.27. The first kappa shape index (κ1) is 13.4. The van der Waals surface area contributed by atoms with Crippen molar-refractivity contribution in [3.05, 3.63) is 40.7 Å². The van der Waals surface area contributed by atoms with Gasteiger partial charge in [-0.05, 0) is 18.6 Å². The minimum absolute atomic E-state index is 0.731. The van der Waals surface area contributed by atoms with Gasteiger partial charge in [0.1, 0.15) is 0 Å². The molecule has 2 heterocycles. The highest BCUT2D eigenvalue weighted by Crippen LogP contribution is 2.31. The number of thiazole rings is 1. The van der Waals surface area contributed by atoms with Crippen LogP contribution in [0.2, 0.25) is 5.02 Å². The maximum Gasteiger partial charge on any atom is 0.184 e. The van der Waals surface area contributed by atoms with Gasteiger partial charge in [-0.25, -0.2) is 4.98 Å². The van der Waals surface area contributed by atoms with Crippen LogP contribution >= 0.6 is 22.9 Å². The highest BCUT2D eigenvalue weighted by atomic mass is 35.5. The summed E-state index contributed by atoms with van der Waals surface area (Å²) in [4.78, 5) is 4.55. The molecule has 0 aliphatic carbocycles. The Labute approximate surface area is 126 Å². The zero-order valence-corrected chi connectivity index (χ0v) is 12.9. The standard InChI is InChI=1S/C14H15ClN4S/c1-3-11-9(8-19(2)18-11)7-16-14-17-12-6-4-5-10(15)13(12)20-14/h4-6,8H,3,7H2,1-2H3,(H,16,17). The van der Waals surface area contributed by atoms with Crippen molar-refractivity contribution in [1.29, 1.82) is 0 Å². The van der Waals surface area contributed by atoms with Crippen molar-refractivity contribution in [2.75, 3.05) is 5.32 Å². The van der Waals surface area contributed by atoms with Crippen LogP contribution in [-0.4, -0.2) is 14.8 Å². The fraction of sp³-hybridized carbons (Fsp3) is 0.286. The van der Waals surface area contributed by atoms with E-state index in [0.29, 0.717) is 0 Å². The van der Waals surface area contributed by atoms with Gasteiger partial charge in [0.15, 0.2) is 5.13 Å². The predicted molar refractivity (Wildman–Crippen MR) is 84.5 cm³/mol. The van der Waals surface area contributed by atoms with E-state index < -0.39 is 0 Å². The second kappa shape index (κ2) is 5.42. The monoisotopic (exact) mass is 306 g/mol. The molecule has 0 saturated carbocycles. The largest absolute Gasteiger partial charge is 0.357 e. The summed E-state index contributed by atoms with van der Waals surface area (Å²) in [5, 5.41) is 9.44. The van der Waals surface area contributed by atoms with Gasteiger partial charge >= 0.3 is 0 Å². The molecule has 0 fully saturated rings. The molecule has 3 aromatic rings. The number of hydrogen-bond acceptors (Lipinski definition) is 4. The van der Waals surface area contributed by atoms with Crippen molar-refractivity contribution < 1.29 is 0 Å². The molecule has 0 unspecified atom stereocenters. The lowest BCUT2D eigenvalue weighted by molar-refractivity contribution is 0.746. The van der Waals surface area contributed by atoms with E-state index >= 15 is 0 Å². The summed E-state index contributed by atoms with van der Waals surface area (Å²) in [6.07, 6.45) is 2.98. The minimum Gasteiger partial charge on any atom is -0.357 e. The summed E-state index contributed by atoms with van der Waals surface area (Å²) < 4.78 is 2.88. The molecular weight excluding hydrogens is 292 g/mol. The predicted octanol–water partition coefficient (Wildman–Crippen LogP) is 3.86. The molecule has 0 amide bonds. The highest BCUT2D eigenvalue weighted by Gasteiger charge is 2.09. The van der Waals surface area contributed by atoms with Crippen molar-refractivity contribution in [1.82, 2.24) is 14.8 Å². The smallest absolute Gasteiger partial charge is 0.184 e. The van der Waals surface area contributed by atoms with Gasteiger partial charge in [-0.15, -0.1) is 0 Å². The number of aromatic nitrogens is 3. The lowest BCUT2D eigenvalue weighted by Gasteiger charge is -2.01. The molecule has 20 heavy (non-hydrogen) atoms. The van der Waals surface area contributed by atoms with Gasteiger partial charge in [-0.3, -0.25) is 4.68 Å². The molecule has 1 aromatic carbocycles. The van der Waals surface area contributed by atoms with Crippen LogP contribution < -0.4 is 5.32 Å². The third-order valence-corrected chi connectivity index (χ3v) is 4.61. The number of fused-ring (bicyclic) bond motifs is 1. The van der Waals surface area contributed by atoms with Gasteiger partial charge in [0.05, 0.1) is 20.9 Å². The molecule has 0 saturated heterocycles. The molecule has 0 bridgehead atoms. The molecule has 6 heteroatoms. The zero-order valence-electron chi connectivity index (χ0n) is 11.4. The van der Waals surface area contributed by atoms with Crippen LogP contribution in [0, 0.1) is 0 Å². The molecular formula is C14H15ClN4S. The Morgan fingerprint density at radius 3 is 3.00 bits per heavy atom. The van der Waals surface area contributed by atoms with E-state index in [2.05, 4.69) is 22.3 Å². The molecule has 0 radical (unpaired) electrons. The van der Waals surface area contributed by atoms with Crippen LogP contribution in [0.1, 0.15) is 18.2 Å².